The van der Waals surface area contributed by atoms with Crippen LogP contribution >= 0.6 is 0 Å². The molecule has 0 bridgehead atoms. The smallest absolute Gasteiger partial charge is 0.389 e. The Balaban J connectivity index is 1.48. The van der Waals surface area contributed by atoms with E-state index in [4.69, 9.17) is 13.9 Å². The Hall–Kier alpha value is -1.91. The number of hydrogen-bond acceptors (Lipinski definition) is 9. The van der Waals surface area contributed by atoms with Gasteiger partial charge in [-0.2, -0.15) is 0 Å². The number of nitrogens with zero attached hydrogens (tertiary/aromatic N) is 2. The van der Waals surface area contributed by atoms with Crippen molar-refractivity contribution in [2.24, 2.45) is 5.41 Å². The van der Waals surface area contributed by atoms with E-state index in [2.05, 4.69) is 46.9 Å². The van der Waals surface area contributed by atoms with Crippen molar-refractivity contribution in [3.63, 3.8) is 0 Å². The highest BCUT2D eigenvalue weighted by Gasteiger charge is 2.73. The third-order valence-electron chi connectivity index (χ3n) is 8.42. The van der Waals surface area contributed by atoms with E-state index in [1.54, 1.807) is 0 Å². The molecule has 3 fully saturated rings. The molecule has 1 aromatic rings. The Morgan fingerprint density at radius 1 is 1.13 bits per heavy atom. The Morgan fingerprint density at radius 2 is 1.84 bits per heavy atom. The van der Waals surface area contributed by atoms with Gasteiger partial charge in [-0.3, -0.25) is 24.8 Å². The molecule has 11 nitrogen and oxygen atoms in total. The number of nitrogens with one attached hydrogen (secondary N) is 1. The molecule has 38 heavy (non-hydrogen) atoms. The number of benzene rings is 1. The van der Waals surface area contributed by atoms with E-state index >= 15 is 0 Å². The minimum atomic E-state index is -2.78. The highest BCUT2D eigenvalue weighted by atomic mass is 28.4. The SMILES string of the molecule is CC(C)[Si+]C(C)CCC(C)[Si]1(C(C)C)OO[C@H]2[C@H](O)[C@H](Nc3ccc([N+](=O)[O-])cc3[N+](=O)[O-])CC23C[C@H]3O1. The average molecular weight is 566 g/mol. The summed E-state index contributed by atoms with van der Waals surface area (Å²) in [6.07, 6.45) is 1.61. The van der Waals surface area contributed by atoms with Gasteiger partial charge in [0, 0.05) is 17.0 Å². The van der Waals surface area contributed by atoms with Crippen molar-refractivity contribution in [1.82, 2.24) is 0 Å². The molecule has 4 unspecified atom stereocenters. The van der Waals surface area contributed by atoms with Gasteiger partial charge in [-0.1, -0.05) is 20.8 Å². The van der Waals surface area contributed by atoms with Crippen molar-refractivity contribution in [1.29, 1.82) is 0 Å². The summed E-state index contributed by atoms with van der Waals surface area (Å²) in [6, 6.07) is 2.89. The fourth-order valence-electron chi connectivity index (χ4n) is 6.27. The molecule has 2 aliphatic carbocycles. The van der Waals surface area contributed by atoms with Crippen LogP contribution in [0.25, 0.3) is 0 Å². The number of nitro groups is 2. The van der Waals surface area contributed by atoms with Crippen molar-refractivity contribution in [2.75, 3.05) is 5.32 Å². The molecule has 209 valence electrons. The molecule has 8 atom stereocenters. The van der Waals surface area contributed by atoms with Gasteiger partial charge in [0.05, 0.1) is 33.6 Å². The summed E-state index contributed by atoms with van der Waals surface area (Å²) in [5, 5.41) is 37.0. The van der Waals surface area contributed by atoms with Crippen LogP contribution in [-0.4, -0.2) is 57.4 Å². The summed E-state index contributed by atoms with van der Waals surface area (Å²) < 4.78 is 13.1. The number of non-ortho nitro benzene ring substituents is 1. The van der Waals surface area contributed by atoms with Crippen LogP contribution in [0.5, 0.6) is 0 Å². The molecular weight excluding hydrogens is 526 g/mol. The molecule has 1 spiro atoms. The maximum absolute atomic E-state index is 11.6. The van der Waals surface area contributed by atoms with Crippen molar-refractivity contribution >= 4 is 35.1 Å². The minimum absolute atomic E-state index is 0.102. The molecule has 1 heterocycles. The Labute approximate surface area is 226 Å². The quantitative estimate of drug-likeness (QED) is 0.153. The monoisotopic (exact) mass is 565 g/mol. The van der Waals surface area contributed by atoms with E-state index < -0.39 is 47.8 Å². The van der Waals surface area contributed by atoms with Crippen LogP contribution in [0.15, 0.2) is 18.2 Å². The molecular formula is C25H39N3O8Si2+. The lowest BCUT2D eigenvalue weighted by Gasteiger charge is -2.37. The van der Waals surface area contributed by atoms with Crippen LogP contribution in [0.3, 0.4) is 0 Å². The van der Waals surface area contributed by atoms with Gasteiger partial charge in [0.2, 0.25) is 0 Å². The van der Waals surface area contributed by atoms with Crippen LogP contribution in [0.4, 0.5) is 17.1 Å². The summed E-state index contributed by atoms with van der Waals surface area (Å²) in [5.41, 5.74) is 0.614. The molecule has 3 aliphatic rings. The van der Waals surface area contributed by atoms with Crippen molar-refractivity contribution in [3.8, 4) is 0 Å². The van der Waals surface area contributed by atoms with Crippen LogP contribution < -0.4 is 5.32 Å². The molecule has 1 aliphatic heterocycles. The first-order valence-electron chi connectivity index (χ1n) is 13.5. The first kappa shape index (κ1) is 29.1. The summed E-state index contributed by atoms with van der Waals surface area (Å²) in [4.78, 5) is 27.4. The molecule has 2 saturated carbocycles. The predicted molar refractivity (Wildman–Crippen MR) is 145 cm³/mol. The lowest BCUT2D eigenvalue weighted by molar-refractivity contribution is -0.393. The summed E-state index contributed by atoms with van der Waals surface area (Å²) >= 11 is 0. The van der Waals surface area contributed by atoms with Crippen molar-refractivity contribution < 1.29 is 28.8 Å². The number of hydrogen-bond donors (Lipinski definition) is 2. The molecule has 0 aromatic heterocycles. The number of rotatable bonds is 11. The Morgan fingerprint density at radius 3 is 2.45 bits per heavy atom. The first-order chi connectivity index (χ1) is 17.8. The number of nitro benzene ring substituents is 2. The molecule has 1 radical (unpaired) electrons. The van der Waals surface area contributed by atoms with Gasteiger partial charge in [0.1, 0.15) is 23.4 Å². The van der Waals surface area contributed by atoms with Gasteiger partial charge in [0.15, 0.2) is 0 Å². The zero-order valence-corrected chi connectivity index (χ0v) is 24.9. The number of aliphatic hydroxyl groups is 1. The lowest BCUT2D eigenvalue weighted by Crippen LogP contribution is -2.50. The van der Waals surface area contributed by atoms with E-state index in [0.717, 1.165) is 34.8 Å². The zero-order valence-electron chi connectivity index (χ0n) is 22.9. The minimum Gasteiger partial charge on any atom is -0.389 e. The summed E-state index contributed by atoms with van der Waals surface area (Å²) in [5.74, 6) is 0. The van der Waals surface area contributed by atoms with Gasteiger partial charge in [-0.15, -0.1) is 0 Å². The second-order valence-corrected chi connectivity index (χ2v) is 18.3. The number of aliphatic hydroxyl groups excluding tert-OH is 1. The zero-order chi connectivity index (χ0) is 28.0. The van der Waals surface area contributed by atoms with Crippen LogP contribution in [-0.2, 0) is 13.9 Å². The van der Waals surface area contributed by atoms with Crippen molar-refractivity contribution in [3.05, 3.63) is 38.4 Å². The third kappa shape index (κ3) is 5.41. The van der Waals surface area contributed by atoms with Gasteiger partial charge < -0.3 is 14.8 Å². The van der Waals surface area contributed by atoms with Crippen LogP contribution in [0, 0.1) is 25.6 Å². The second kappa shape index (κ2) is 10.9. The Kier molecular flexibility index (Phi) is 8.37. The Bertz CT molecular complexity index is 1060. The largest absolute Gasteiger partial charge is 0.487 e. The van der Waals surface area contributed by atoms with E-state index in [-0.39, 0.29) is 28.6 Å². The second-order valence-electron chi connectivity index (χ2n) is 11.9. The molecule has 1 saturated heterocycles. The number of anilines is 1. The van der Waals surface area contributed by atoms with Crippen molar-refractivity contribution in [2.45, 2.75) is 114 Å². The molecule has 4 rings (SSSR count). The highest BCUT2D eigenvalue weighted by molar-refractivity contribution is 6.70. The standard InChI is InChI=1S/C25H39N3O8Si2/c1-14(2)37-16(5)7-8-17(6)38(15(3)4)35-22-13-25(22)12-20(23(29)24(25)34-36-38)26-19-10-9-18(27(30)31)11-21(19)28(32)33/h9-11,14-17,20,22-24,26,29H,7-8,12-13H2,1-6H3/q+1/t16?,17?,20-,22-,23-,24+,25?,38?/m1/s1. The van der Waals surface area contributed by atoms with E-state index in [9.17, 15) is 25.3 Å². The van der Waals surface area contributed by atoms with Crippen LogP contribution in [0.1, 0.15) is 67.2 Å². The lowest BCUT2D eigenvalue weighted by atomic mass is 10.0. The van der Waals surface area contributed by atoms with Gasteiger partial charge in [-0.25, -0.2) is 4.89 Å². The average Bonchev–Trinajstić information content (AvgIpc) is 3.47. The predicted octanol–water partition coefficient (Wildman–Crippen LogP) is 5.52. The maximum atomic E-state index is 11.6. The third-order valence-corrected chi connectivity index (χ3v) is 14.2. The van der Waals surface area contributed by atoms with E-state index in [1.165, 1.54) is 12.1 Å². The summed E-state index contributed by atoms with van der Waals surface area (Å²) in [7, 11) is -1.86. The molecule has 2 N–H and O–H groups in total. The van der Waals surface area contributed by atoms with Gasteiger partial charge in [0.25, 0.3) is 11.4 Å². The van der Waals surface area contributed by atoms with Gasteiger partial charge in [-0.05, 0) is 58.1 Å². The van der Waals surface area contributed by atoms with Crippen LogP contribution in [0.2, 0.25) is 22.2 Å². The fourth-order valence-corrected chi connectivity index (χ4v) is 11.4. The molecule has 0 amide bonds. The maximum Gasteiger partial charge on any atom is 0.487 e. The highest BCUT2D eigenvalue weighted by Crippen LogP contribution is 2.64. The topological polar surface area (TPSA) is 146 Å². The summed E-state index contributed by atoms with van der Waals surface area (Å²) in [6.45, 7) is 13.3. The first-order valence-corrected chi connectivity index (χ1v) is 16.6. The normalized spacial score (nSPS) is 33.7. The fraction of sp³-hybridized carbons (Fsp3) is 0.760. The van der Waals surface area contributed by atoms with E-state index in [1.807, 2.05) is 0 Å². The molecule has 13 heteroatoms. The van der Waals surface area contributed by atoms with E-state index in [0.29, 0.717) is 17.5 Å². The van der Waals surface area contributed by atoms with Gasteiger partial charge >= 0.3 is 18.1 Å². The molecule has 1 aromatic carbocycles.